The molecule has 0 fully saturated rings. The van der Waals surface area contributed by atoms with Crippen LogP contribution in [0.5, 0.6) is 0 Å². The molecule has 1 unspecified atom stereocenters. The van der Waals surface area contributed by atoms with Gasteiger partial charge in [-0.2, -0.15) is 0 Å². The third-order valence-corrected chi connectivity index (χ3v) is 1.48. The molecule has 0 radical (unpaired) electrons. The first-order valence-electron chi connectivity index (χ1n) is 3.72. The van der Waals surface area contributed by atoms with Gasteiger partial charge in [0.25, 0.3) is 0 Å². The van der Waals surface area contributed by atoms with Crippen molar-refractivity contribution in [2.24, 2.45) is 11.8 Å². The molecule has 1 atom stereocenters. The van der Waals surface area contributed by atoms with Gasteiger partial charge in [0.2, 0.25) is 0 Å². The van der Waals surface area contributed by atoms with Gasteiger partial charge in [-0.15, -0.1) is 0 Å². The highest BCUT2D eigenvalue weighted by Crippen LogP contribution is 2.11. The van der Waals surface area contributed by atoms with Gasteiger partial charge in [0.05, 0.1) is 6.10 Å². The smallest absolute Gasteiger partial charge is 0.0565 e. The Bertz CT molecular complexity index is 67.1. The molecule has 64 valence electrons. The number of hydrogen-bond donors (Lipinski definition) is 1. The van der Waals surface area contributed by atoms with E-state index in [0.29, 0.717) is 11.8 Å². The van der Waals surface area contributed by atoms with Crippen molar-refractivity contribution in [3.8, 4) is 0 Å². The quantitative estimate of drug-likeness (QED) is 0.649. The molecule has 0 aliphatic carbocycles. The molecule has 0 rings (SSSR count). The van der Waals surface area contributed by atoms with E-state index in [2.05, 4.69) is 13.8 Å². The summed E-state index contributed by atoms with van der Waals surface area (Å²) < 4.78 is 0. The zero-order valence-corrected chi connectivity index (χ0v) is 6.89. The van der Waals surface area contributed by atoms with Crippen LogP contribution < -0.4 is 0 Å². The van der Waals surface area contributed by atoms with Crippen LogP contribution in [0.2, 0.25) is 0 Å². The minimum Gasteiger partial charge on any atom is -0.393 e. The zero-order chi connectivity index (χ0) is 7.44. The maximum absolute atomic E-state index is 9.30. The first-order chi connectivity index (χ1) is 4.04. The average molecular weight is 146 g/mol. The Balaban J connectivity index is 0. The number of hydrogen-bond acceptors (Lipinski definition) is 1. The highest BCUT2D eigenvalue weighted by Gasteiger charge is 2.09. The third kappa shape index (κ3) is 6.09. The molecule has 0 aromatic carbocycles. The van der Waals surface area contributed by atoms with Crippen molar-refractivity contribution in [1.82, 2.24) is 0 Å². The van der Waals surface area contributed by atoms with E-state index >= 15 is 0 Å². The summed E-state index contributed by atoms with van der Waals surface area (Å²) in [5, 5.41) is 9.30. The molecule has 0 aliphatic rings. The Hall–Kier alpha value is -0.0400. The summed E-state index contributed by atoms with van der Waals surface area (Å²) in [5.41, 5.74) is 0. The summed E-state index contributed by atoms with van der Waals surface area (Å²) in [6.07, 6.45) is 0.822. The molecular weight excluding hydrogens is 124 g/mol. The molecule has 0 saturated carbocycles. The van der Waals surface area contributed by atoms with Gasteiger partial charge in [-0.05, 0) is 18.3 Å². The highest BCUT2D eigenvalue weighted by molar-refractivity contribution is 4.61. The molecule has 0 bridgehead atoms. The lowest BCUT2D eigenvalue weighted by Crippen LogP contribution is -2.16. The lowest BCUT2D eigenvalue weighted by molar-refractivity contribution is 0.103. The van der Waals surface area contributed by atoms with E-state index in [1.807, 2.05) is 13.8 Å². The molecule has 1 N–H and O–H groups in total. The molecule has 0 aromatic rings. The molecule has 10 heavy (non-hydrogen) atoms. The van der Waals surface area contributed by atoms with Crippen molar-refractivity contribution in [2.45, 2.75) is 47.6 Å². The molecule has 0 amide bonds. The summed E-state index contributed by atoms with van der Waals surface area (Å²) in [4.78, 5) is 0. The Morgan fingerprint density at radius 3 is 1.60 bits per heavy atom. The fourth-order valence-electron chi connectivity index (χ4n) is 0.755. The fourth-order valence-corrected chi connectivity index (χ4v) is 0.755. The number of aliphatic hydroxyl groups is 1. The molecular formula is C9H22O. The first kappa shape index (κ1) is 12.6. The Labute approximate surface area is 65.5 Å². The van der Waals surface area contributed by atoms with E-state index < -0.39 is 0 Å². The van der Waals surface area contributed by atoms with Crippen molar-refractivity contribution in [3.63, 3.8) is 0 Å². The van der Waals surface area contributed by atoms with Crippen LogP contribution in [0.1, 0.15) is 41.5 Å². The van der Waals surface area contributed by atoms with E-state index in [4.69, 9.17) is 0 Å². The number of aliphatic hydroxyl groups excluding tert-OH is 1. The second-order valence-corrected chi connectivity index (χ2v) is 3.44. The minimum absolute atomic E-state index is 0. The third-order valence-electron chi connectivity index (χ3n) is 1.48. The molecule has 0 spiro atoms. The van der Waals surface area contributed by atoms with Gasteiger partial charge in [-0.25, -0.2) is 0 Å². The number of rotatable bonds is 3. The summed E-state index contributed by atoms with van der Waals surface area (Å²) >= 11 is 0. The van der Waals surface area contributed by atoms with Gasteiger partial charge in [-0.1, -0.05) is 35.1 Å². The van der Waals surface area contributed by atoms with Gasteiger partial charge in [0, 0.05) is 0 Å². The standard InChI is InChI=1S/C8H18O.CH4/c1-6(2)5-8(9)7(3)4;/h6-9H,5H2,1-4H3;1H4. The summed E-state index contributed by atoms with van der Waals surface area (Å²) in [6.45, 7) is 8.36. The van der Waals surface area contributed by atoms with Gasteiger partial charge in [-0.3, -0.25) is 0 Å². The van der Waals surface area contributed by atoms with Crippen LogP contribution in [0.4, 0.5) is 0 Å². The predicted molar refractivity (Wildman–Crippen MR) is 47.0 cm³/mol. The van der Waals surface area contributed by atoms with E-state index in [0.717, 1.165) is 6.42 Å². The maximum atomic E-state index is 9.30. The normalized spacial score (nSPS) is 13.5. The van der Waals surface area contributed by atoms with Crippen molar-refractivity contribution in [3.05, 3.63) is 0 Å². The van der Waals surface area contributed by atoms with Gasteiger partial charge < -0.3 is 5.11 Å². The van der Waals surface area contributed by atoms with Crippen LogP contribution in [0.3, 0.4) is 0 Å². The van der Waals surface area contributed by atoms with Gasteiger partial charge >= 0.3 is 0 Å². The van der Waals surface area contributed by atoms with E-state index in [-0.39, 0.29) is 13.5 Å². The van der Waals surface area contributed by atoms with Crippen molar-refractivity contribution in [2.75, 3.05) is 0 Å². The Morgan fingerprint density at radius 1 is 1.10 bits per heavy atom. The summed E-state index contributed by atoms with van der Waals surface area (Å²) in [5.74, 6) is 1.02. The fraction of sp³-hybridized carbons (Fsp3) is 1.00. The van der Waals surface area contributed by atoms with Gasteiger partial charge in [0.1, 0.15) is 0 Å². The van der Waals surface area contributed by atoms with Crippen LogP contribution >= 0.6 is 0 Å². The molecule has 1 nitrogen and oxygen atoms in total. The van der Waals surface area contributed by atoms with E-state index in [1.165, 1.54) is 0 Å². The lowest BCUT2D eigenvalue weighted by atomic mass is 9.98. The van der Waals surface area contributed by atoms with Crippen LogP contribution in [0.25, 0.3) is 0 Å². The monoisotopic (exact) mass is 146 g/mol. The zero-order valence-electron chi connectivity index (χ0n) is 6.89. The summed E-state index contributed by atoms with van der Waals surface area (Å²) in [6, 6.07) is 0. The predicted octanol–water partition coefficient (Wildman–Crippen LogP) is 2.69. The molecule has 0 aliphatic heterocycles. The second-order valence-electron chi connectivity index (χ2n) is 3.44. The van der Waals surface area contributed by atoms with Crippen LogP contribution in [-0.4, -0.2) is 11.2 Å². The van der Waals surface area contributed by atoms with E-state index in [1.54, 1.807) is 0 Å². The van der Waals surface area contributed by atoms with Gasteiger partial charge in [0.15, 0.2) is 0 Å². The van der Waals surface area contributed by atoms with Crippen molar-refractivity contribution >= 4 is 0 Å². The van der Waals surface area contributed by atoms with Crippen LogP contribution in [0, 0.1) is 11.8 Å². The van der Waals surface area contributed by atoms with Crippen molar-refractivity contribution in [1.29, 1.82) is 0 Å². The first-order valence-corrected chi connectivity index (χ1v) is 3.72. The largest absolute Gasteiger partial charge is 0.393 e. The summed E-state index contributed by atoms with van der Waals surface area (Å²) in [7, 11) is 0. The molecule has 0 heterocycles. The second kappa shape index (κ2) is 5.72. The highest BCUT2D eigenvalue weighted by atomic mass is 16.3. The average Bonchev–Trinajstić information content (AvgIpc) is 1.63. The van der Waals surface area contributed by atoms with Crippen LogP contribution in [-0.2, 0) is 0 Å². The molecule has 0 saturated heterocycles. The van der Waals surface area contributed by atoms with Crippen LogP contribution in [0.15, 0.2) is 0 Å². The molecule has 1 heteroatoms. The Kier molecular flexibility index (Phi) is 7.22. The SMILES string of the molecule is C.CC(C)CC(O)C(C)C. The Morgan fingerprint density at radius 2 is 1.50 bits per heavy atom. The van der Waals surface area contributed by atoms with Crippen molar-refractivity contribution < 1.29 is 5.11 Å². The topological polar surface area (TPSA) is 20.2 Å². The lowest BCUT2D eigenvalue weighted by Gasteiger charge is -2.15. The molecule has 0 aromatic heterocycles. The van der Waals surface area contributed by atoms with E-state index in [9.17, 15) is 5.11 Å². The maximum Gasteiger partial charge on any atom is 0.0565 e. The minimum atomic E-state index is -0.106.